The highest BCUT2D eigenvalue weighted by Gasteiger charge is 2.59. The van der Waals surface area contributed by atoms with Crippen molar-refractivity contribution in [3.63, 3.8) is 0 Å². The third-order valence-corrected chi connectivity index (χ3v) is 20.0. The van der Waals surface area contributed by atoms with E-state index in [4.69, 9.17) is 28.4 Å². The van der Waals surface area contributed by atoms with Gasteiger partial charge in [-0.1, -0.05) is 144 Å². The number of ketones is 1. The Bertz CT molecular complexity index is 1380. The minimum absolute atomic E-state index is 0.0201. The molecule has 1 spiro atoms. The van der Waals surface area contributed by atoms with Gasteiger partial charge >= 0.3 is 11.9 Å². The number of ether oxygens (including phenoxy) is 4. The van der Waals surface area contributed by atoms with E-state index in [1.54, 1.807) is 13.2 Å². The number of hydrogen-bond acceptors (Lipinski definition) is 10. The Hall–Kier alpha value is -2.50. The van der Waals surface area contributed by atoms with Crippen molar-refractivity contribution in [2.24, 2.45) is 10.9 Å². The van der Waals surface area contributed by atoms with Crippen LogP contribution < -0.4 is 0 Å². The Labute approximate surface area is 379 Å². The standard InChI is InChI=1S/C51H90N2O8Si/c1-11-36-58-47(55)32-24-22-20-18-16-14-13-15-17-19-21-23-27-37-59-49(56)48-46-34-33-43(53(46)50(57-10)52-51(48)35-28-29-42(9)60-51)38-44(54)30-25-26-31-45(12-2)61-62(39(3)4,40(5)6)41(7)8/h11,26,31,39-43,45-46,48H,1,12-25,27-30,32-38H2,2-10H3/b31-26-/t42-,43+,45+,46-,48+,51-/m1/s1. The number of allylic oxidation sites excluding steroid dienone is 1. The van der Waals surface area contributed by atoms with Crippen LogP contribution in [0.5, 0.6) is 0 Å². The number of carbonyl (C=O) groups is 3. The summed E-state index contributed by atoms with van der Waals surface area (Å²) in [6.07, 6.45) is 28.0. The molecule has 3 aliphatic heterocycles. The molecule has 6 atom stereocenters. The smallest absolute Gasteiger partial charge is 0.316 e. The summed E-state index contributed by atoms with van der Waals surface area (Å²) in [5.41, 5.74) is 0.563. The van der Waals surface area contributed by atoms with E-state index in [0.29, 0.717) is 68.0 Å². The highest BCUT2D eigenvalue weighted by Crippen LogP contribution is 2.48. The first-order valence-corrected chi connectivity index (χ1v) is 27.3. The first-order valence-electron chi connectivity index (χ1n) is 25.1. The lowest BCUT2D eigenvalue weighted by Crippen LogP contribution is -2.62. The molecule has 0 bridgehead atoms. The molecule has 3 aliphatic rings. The number of Topliss-reactive ketones (excluding diaryl/α,β-unsaturated/α-hetero) is 1. The molecule has 0 aromatic heterocycles. The topological polar surface area (TPSA) is 113 Å². The lowest BCUT2D eigenvalue weighted by molar-refractivity contribution is -0.192. The second-order valence-corrected chi connectivity index (χ2v) is 24.9. The molecule has 0 radical (unpaired) electrons. The van der Waals surface area contributed by atoms with E-state index in [2.05, 4.69) is 79.0 Å². The molecule has 3 heterocycles. The van der Waals surface area contributed by atoms with E-state index in [9.17, 15) is 14.4 Å². The Morgan fingerprint density at radius 1 is 0.855 bits per heavy atom. The lowest BCUT2D eigenvalue weighted by Gasteiger charge is -2.49. The van der Waals surface area contributed by atoms with Crippen LogP contribution in [-0.2, 0) is 37.8 Å². The van der Waals surface area contributed by atoms with Crippen LogP contribution in [0, 0.1) is 5.92 Å². The van der Waals surface area contributed by atoms with Crippen LogP contribution in [0.1, 0.15) is 203 Å². The fourth-order valence-corrected chi connectivity index (χ4v) is 16.4. The molecule has 0 N–H and O–H groups in total. The molecule has 2 fully saturated rings. The van der Waals surface area contributed by atoms with Crippen LogP contribution in [0.4, 0.5) is 0 Å². The van der Waals surface area contributed by atoms with Crippen molar-refractivity contribution in [1.82, 2.24) is 4.90 Å². The molecule has 0 saturated carbocycles. The van der Waals surface area contributed by atoms with Crippen LogP contribution in [-0.4, -0.2) is 87.3 Å². The van der Waals surface area contributed by atoms with Gasteiger partial charge in [-0.2, -0.15) is 4.99 Å². The molecule has 0 amide bonds. The number of amidine groups is 1. The van der Waals surface area contributed by atoms with Gasteiger partial charge in [-0.3, -0.25) is 14.4 Å². The molecule has 0 aliphatic carbocycles. The number of esters is 2. The molecule has 11 heteroatoms. The summed E-state index contributed by atoms with van der Waals surface area (Å²) in [4.78, 5) is 46.5. The predicted octanol–water partition coefficient (Wildman–Crippen LogP) is 12.7. The second-order valence-electron chi connectivity index (χ2n) is 19.5. The van der Waals surface area contributed by atoms with Crippen molar-refractivity contribution in [2.75, 3.05) is 20.3 Å². The van der Waals surface area contributed by atoms with Gasteiger partial charge in [0, 0.05) is 25.3 Å². The maximum Gasteiger partial charge on any atom is 0.316 e. The van der Waals surface area contributed by atoms with Gasteiger partial charge in [-0.05, 0) is 81.3 Å². The number of nitrogens with zero attached hydrogens (tertiary/aromatic N) is 2. The number of unbranched alkanes of at least 4 members (excludes halogenated alkanes) is 12. The summed E-state index contributed by atoms with van der Waals surface area (Å²) in [6.45, 7) is 22.4. The summed E-state index contributed by atoms with van der Waals surface area (Å²) >= 11 is 0. The summed E-state index contributed by atoms with van der Waals surface area (Å²) < 4.78 is 30.7. The van der Waals surface area contributed by atoms with Crippen LogP contribution >= 0.6 is 0 Å². The lowest BCUT2D eigenvalue weighted by atomic mass is 9.80. The summed E-state index contributed by atoms with van der Waals surface area (Å²) in [6, 6.07) is 0.211. The number of hydrogen-bond donors (Lipinski definition) is 0. The maximum absolute atomic E-state index is 14.1. The van der Waals surface area contributed by atoms with Crippen molar-refractivity contribution >= 4 is 32.1 Å². The summed E-state index contributed by atoms with van der Waals surface area (Å²) in [5, 5.41) is 0. The number of aliphatic imine (C=N–C) groups is 1. The van der Waals surface area contributed by atoms with E-state index in [0.717, 1.165) is 64.2 Å². The van der Waals surface area contributed by atoms with E-state index in [-0.39, 0.29) is 42.0 Å². The Balaban J connectivity index is 1.45. The number of fused-ring (bicyclic) bond motifs is 1. The van der Waals surface area contributed by atoms with Crippen molar-refractivity contribution < 1.29 is 37.8 Å². The molecule has 62 heavy (non-hydrogen) atoms. The van der Waals surface area contributed by atoms with Crippen LogP contribution in [0.3, 0.4) is 0 Å². The third-order valence-electron chi connectivity index (χ3n) is 13.9. The molecular formula is C51H90N2O8Si. The second kappa shape index (κ2) is 28.4. The van der Waals surface area contributed by atoms with Gasteiger partial charge < -0.3 is 28.3 Å². The van der Waals surface area contributed by atoms with Crippen molar-refractivity contribution in [3.8, 4) is 0 Å². The van der Waals surface area contributed by atoms with Crippen LogP contribution in [0.25, 0.3) is 0 Å². The average Bonchev–Trinajstić information content (AvgIpc) is 3.63. The zero-order chi connectivity index (χ0) is 45.5. The maximum atomic E-state index is 14.1. The fourth-order valence-electron chi connectivity index (χ4n) is 10.8. The molecule has 0 unspecified atom stereocenters. The number of methoxy groups -OCH3 is 1. The quantitative estimate of drug-likeness (QED) is 0.0291. The summed E-state index contributed by atoms with van der Waals surface area (Å²) in [5.74, 6) is -0.708. The van der Waals surface area contributed by atoms with Crippen LogP contribution in [0.2, 0.25) is 16.6 Å². The fraction of sp³-hybridized carbons (Fsp3) is 0.843. The third kappa shape index (κ3) is 16.2. The van der Waals surface area contributed by atoms with Crippen molar-refractivity contribution in [1.29, 1.82) is 0 Å². The van der Waals surface area contributed by atoms with Gasteiger partial charge in [0.05, 0.1) is 32.0 Å². The minimum Gasteiger partial charge on any atom is -0.468 e. The normalized spacial score (nSPS) is 23.3. The van der Waals surface area contributed by atoms with E-state index in [1.807, 2.05) is 0 Å². The molecular weight excluding hydrogens is 797 g/mol. The van der Waals surface area contributed by atoms with Gasteiger partial charge in [0.2, 0.25) is 8.32 Å². The highest BCUT2D eigenvalue weighted by atomic mass is 28.4. The highest BCUT2D eigenvalue weighted by molar-refractivity contribution is 6.77. The van der Waals surface area contributed by atoms with Gasteiger partial charge in [-0.15, -0.1) is 0 Å². The zero-order valence-electron chi connectivity index (χ0n) is 40.9. The van der Waals surface area contributed by atoms with Gasteiger partial charge in [0.25, 0.3) is 6.02 Å². The number of carbonyl (C=O) groups excluding carboxylic acids is 3. The van der Waals surface area contributed by atoms with Crippen molar-refractivity contribution in [2.45, 2.75) is 250 Å². The number of rotatable bonds is 31. The van der Waals surface area contributed by atoms with Crippen molar-refractivity contribution in [3.05, 3.63) is 24.8 Å². The largest absolute Gasteiger partial charge is 0.468 e. The molecule has 356 valence electrons. The molecule has 10 nitrogen and oxygen atoms in total. The minimum atomic E-state index is -2.00. The zero-order valence-corrected chi connectivity index (χ0v) is 41.9. The molecule has 2 saturated heterocycles. The van der Waals surface area contributed by atoms with Crippen LogP contribution in [0.15, 0.2) is 29.8 Å². The predicted molar refractivity (Wildman–Crippen MR) is 255 cm³/mol. The van der Waals surface area contributed by atoms with E-state index >= 15 is 0 Å². The first kappa shape index (κ1) is 53.8. The van der Waals surface area contributed by atoms with Gasteiger partial charge in [0.15, 0.2) is 5.72 Å². The Morgan fingerprint density at radius 2 is 1.45 bits per heavy atom. The van der Waals surface area contributed by atoms with E-state index < -0.39 is 20.0 Å². The average molecular weight is 887 g/mol. The molecule has 0 aromatic carbocycles. The first-order chi connectivity index (χ1) is 29.8. The Kier molecular flexibility index (Phi) is 24.7. The summed E-state index contributed by atoms with van der Waals surface area (Å²) in [7, 11) is -0.367. The van der Waals surface area contributed by atoms with Gasteiger partial charge in [0.1, 0.15) is 18.3 Å². The van der Waals surface area contributed by atoms with E-state index in [1.165, 1.54) is 51.4 Å². The van der Waals surface area contributed by atoms with Gasteiger partial charge in [-0.25, -0.2) is 0 Å². The molecule has 0 aromatic rings. The SMILES string of the molecule is C=CCOC(=O)CCCCCCCCCCCCCCCOC(=O)[C@@H]1[C@H]2CC[C@@H](CC(=O)CC/C=C\[C@H](CC)O[Si](C(C)C)(C(C)C)C(C)C)N2C(OC)=N[C@@]12CCC[C@@H](C)O2. The molecule has 3 rings (SSSR count). The Morgan fingerprint density at radius 3 is 2.00 bits per heavy atom. The monoisotopic (exact) mass is 887 g/mol.